The van der Waals surface area contributed by atoms with Crippen molar-refractivity contribution in [3.63, 3.8) is 0 Å². The van der Waals surface area contributed by atoms with Crippen LogP contribution in [0.3, 0.4) is 0 Å². The quantitative estimate of drug-likeness (QED) is 0.746. The van der Waals surface area contributed by atoms with Crippen LogP contribution in [0.15, 0.2) is 16.5 Å². The van der Waals surface area contributed by atoms with Crippen LogP contribution in [-0.2, 0) is 21.1 Å². The van der Waals surface area contributed by atoms with E-state index in [1.54, 1.807) is 0 Å². The molecular weight excluding hydrogens is 350 g/mol. The molecule has 1 amide bonds. The molecule has 1 saturated heterocycles. The summed E-state index contributed by atoms with van der Waals surface area (Å²) >= 11 is 0. The maximum absolute atomic E-state index is 12.9. The van der Waals surface area contributed by atoms with Crippen LogP contribution in [0, 0.1) is 0 Å². The first-order valence-electron chi connectivity index (χ1n) is 10.1. The average Bonchev–Trinajstić information content (AvgIpc) is 3.28. The maximum Gasteiger partial charge on any atom is 0.224 e. The van der Waals surface area contributed by atoms with Gasteiger partial charge in [-0.1, -0.05) is 32.6 Å². The number of likely N-dealkylation sites (tertiary alicyclic amines) is 1. The number of hydrogen-bond acceptors (Lipinski definition) is 4. The molecule has 2 aliphatic rings. The molecule has 1 aliphatic heterocycles. The highest BCUT2D eigenvalue weighted by molar-refractivity contribution is 7.92. The molecule has 0 spiro atoms. The monoisotopic (exact) mass is 381 g/mol. The lowest BCUT2D eigenvalue weighted by atomic mass is 10.1. The smallest absolute Gasteiger partial charge is 0.224 e. The van der Waals surface area contributed by atoms with Crippen molar-refractivity contribution in [2.24, 2.45) is 0 Å². The molecule has 1 saturated carbocycles. The van der Waals surface area contributed by atoms with Crippen LogP contribution in [0.1, 0.15) is 82.3 Å². The van der Waals surface area contributed by atoms with Gasteiger partial charge >= 0.3 is 0 Å². The standard InChI is InChI=1S/C20H31NO4S/c1-2-16-11-12-19(25-16)18-10-4-3-7-14-21(18)20(22)13-15-26(23,24)17-8-5-6-9-17/h11-12,17-18H,2-10,13-15H2,1H3. The molecule has 0 radical (unpaired) electrons. The predicted molar refractivity (Wildman–Crippen MR) is 102 cm³/mol. The molecule has 1 aromatic heterocycles. The molecule has 0 bridgehead atoms. The number of carbonyl (C=O) groups is 1. The summed E-state index contributed by atoms with van der Waals surface area (Å²) in [6.45, 7) is 2.74. The van der Waals surface area contributed by atoms with E-state index >= 15 is 0 Å². The van der Waals surface area contributed by atoms with Crippen molar-refractivity contribution in [2.75, 3.05) is 12.3 Å². The van der Waals surface area contributed by atoms with Crippen LogP contribution < -0.4 is 0 Å². The van der Waals surface area contributed by atoms with Crippen molar-refractivity contribution in [2.45, 2.75) is 82.4 Å². The van der Waals surface area contributed by atoms with Gasteiger partial charge in [-0.05, 0) is 37.8 Å². The van der Waals surface area contributed by atoms with Gasteiger partial charge in [0.2, 0.25) is 5.91 Å². The summed E-state index contributed by atoms with van der Waals surface area (Å²) in [5.74, 6) is 1.71. The van der Waals surface area contributed by atoms with Crippen molar-refractivity contribution >= 4 is 15.7 Å². The van der Waals surface area contributed by atoms with E-state index in [9.17, 15) is 13.2 Å². The first-order chi connectivity index (χ1) is 12.5. The van der Waals surface area contributed by atoms with Crippen molar-refractivity contribution in [3.8, 4) is 0 Å². The van der Waals surface area contributed by atoms with Gasteiger partial charge in [0.25, 0.3) is 0 Å². The van der Waals surface area contributed by atoms with Gasteiger partial charge in [-0.2, -0.15) is 0 Å². The highest BCUT2D eigenvalue weighted by atomic mass is 32.2. The lowest BCUT2D eigenvalue weighted by molar-refractivity contribution is -0.133. The van der Waals surface area contributed by atoms with Gasteiger partial charge in [0.15, 0.2) is 9.84 Å². The number of hydrogen-bond donors (Lipinski definition) is 0. The highest BCUT2D eigenvalue weighted by Gasteiger charge is 2.32. The normalized spacial score (nSPS) is 22.5. The Labute approximate surface area is 157 Å². The molecule has 1 atom stereocenters. The second-order valence-corrected chi connectivity index (χ2v) is 10.0. The van der Waals surface area contributed by atoms with E-state index in [0.717, 1.165) is 69.3 Å². The average molecular weight is 382 g/mol. The number of aryl methyl sites for hydroxylation is 1. The third-order valence-electron chi connectivity index (χ3n) is 5.84. The van der Waals surface area contributed by atoms with Gasteiger partial charge in [-0.25, -0.2) is 8.42 Å². The number of carbonyl (C=O) groups excluding carboxylic acids is 1. The molecule has 2 fully saturated rings. The van der Waals surface area contributed by atoms with Crippen LogP contribution in [0.25, 0.3) is 0 Å². The van der Waals surface area contributed by atoms with Crippen molar-refractivity contribution < 1.29 is 17.6 Å². The minimum atomic E-state index is -3.16. The largest absolute Gasteiger partial charge is 0.464 e. The summed E-state index contributed by atoms with van der Waals surface area (Å²) in [7, 11) is -3.16. The van der Waals surface area contributed by atoms with Crippen LogP contribution in [0.4, 0.5) is 0 Å². The summed E-state index contributed by atoms with van der Waals surface area (Å²) in [6.07, 6.45) is 8.45. The van der Waals surface area contributed by atoms with Crippen molar-refractivity contribution in [1.82, 2.24) is 4.90 Å². The Morgan fingerprint density at radius 3 is 2.54 bits per heavy atom. The first-order valence-corrected chi connectivity index (χ1v) is 11.8. The Hall–Kier alpha value is -1.30. The molecule has 6 heteroatoms. The molecule has 0 N–H and O–H groups in total. The zero-order chi connectivity index (χ0) is 18.6. The molecular formula is C20H31NO4S. The predicted octanol–water partition coefficient (Wildman–Crippen LogP) is 4.03. The second kappa shape index (κ2) is 8.59. The van der Waals surface area contributed by atoms with Gasteiger partial charge in [-0.15, -0.1) is 0 Å². The van der Waals surface area contributed by atoms with Crippen molar-refractivity contribution in [1.29, 1.82) is 0 Å². The minimum Gasteiger partial charge on any atom is -0.464 e. The third-order valence-corrected chi connectivity index (χ3v) is 8.10. The summed E-state index contributed by atoms with van der Waals surface area (Å²) in [4.78, 5) is 14.8. The Bertz CT molecular complexity index is 703. The van der Waals surface area contributed by atoms with Gasteiger partial charge in [-0.3, -0.25) is 4.79 Å². The van der Waals surface area contributed by atoms with E-state index in [-0.39, 0.29) is 29.4 Å². The summed E-state index contributed by atoms with van der Waals surface area (Å²) in [5.41, 5.74) is 0. The van der Waals surface area contributed by atoms with Crippen LogP contribution in [0.2, 0.25) is 0 Å². The second-order valence-electron chi connectivity index (χ2n) is 7.63. The number of rotatable bonds is 6. The molecule has 0 aromatic carbocycles. The SMILES string of the molecule is CCc1ccc(C2CCCCCN2C(=O)CCS(=O)(=O)C2CCCC2)o1. The van der Waals surface area contributed by atoms with E-state index in [1.165, 1.54) is 0 Å². The van der Waals surface area contributed by atoms with Gasteiger partial charge in [0, 0.05) is 19.4 Å². The van der Waals surface area contributed by atoms with Crippen LogP contribution in [0.5, 0.6) is 0 Å². The van der Waals surface area contributed by atoms with E-state index < -0.39 is 9.84 Å². The fourth-order valence-corrected chi connectivity index (χ4v) is 6.10. The van der Waals surface area contributed by atoms with Gasteiger partial charge < -0.3 is 9.32 Å². The topological polar surface area (TPSA) is 67.6 Å². The lowest BCUT2D eigenvalue weighted by Gasteiger charge is -2.29. The molecule has 5 nitrogen and oxygen atoms in total. The fraction of sp³-hybridized carbons (Fsp3) is 0.750. The van der Waals surface area contributed by atoms with Gasteiger partial charge in [0.05, 0.1) is 17.0 Å². The Morgan fingerprint density at radius 2 is 1.85 bits per heavy atom. The minimum absolute atomic E-state index is 0.0158. The van der Waals surface area contributed by atoms with Crippen LogP contribution in [-0.4, -0.2) is 36.8 Å². The number of furan rings is 1. The molecule has 1 unspecified atom stereocenters. The Balaban J connectivity index is 1.68. The Morgan fingerprint density at radius 1 is 1.12 bits per heavy atom. The van der Waals surface area contributed by atoms with E-state index in [2.05, 4.69) is 0 Å². The summed E-state index contributed by atoms with van der Waals surface area (Å²) in [6, 6.07) is 3.90. The number of nitrogens with zero attached hydrogens (tertiary/aromatic N) is 1. The van der Waals surface area contributed by atoms with E-state index in [0.29, 0.717) is 6.54 Å². The first kappa shape index (κ1) is 19.5. The Kier molecular flexibility index (Phi) is 6.43. The zero-order valence-corrected chi connectivity index (χ0v) is 16.6. The van der Waals surface area contributed by atoms with E-state index in [1.807, 2.05) is 24.0 Å². The molecule has 1 aromatic rings. The van der Waals surface area contributed by atoms with Crippen LogP contribution >= 0.6 is 0 Å². The molecule has 146 valence electrons. The molecule has 3 rings (SSSR count). The zero-order valence-electron chi connectivity index (χ0n) is 15.8. The lowest BCUT2D eigenvalue weighted by Crippen LogP contribution is -2.36. The highest BCUT2D eigenvalue weighted by Crippen LogP contribution is 2.32. The number of sulfone groups is 1. The number of amides is 1. The molecule has 26 heavy (non-hydrogen) atoms. The molecule has 2 heterocycles. The fourth-order valence-electron chi connectivity index (χ4n) is 4.25. The van der Waals surface area contributed by atoms with Crippen molar-refractivity contribution in [3.05, 3.63) is 23.7 Å². The third kappa shape index (κ3) is 4.51. The summed E-state index contributed by atoms with van der Waals surface area (Å²) in [5, 5.41) is -0.229. The summed E-state index contributed by atoms with van der Waals surface area (Å²) < 4.78 is 30.9. The maximum atomic E-state index is 12.9. The van der Waals surface area contributed by atoms with Gasteiger partial charge in [0.1, 0.15) is 11.5 Å². The van der Waals surface area contributed by atoms with E-state index in [4.69, 9.17) is 4.42 Å². The molecule has 1 aliphatic carbocycles.